The minimum absolute atomic E-state index is 0.110. The molecule has 1 fully saturated rings. The first-order valence-electron chi connectivity index (χ1n) is 6.81. The van der Waals surface area contributed by atoms with Crippen molar-refractivity contribution in [3.05, 3.63) is 29.8 Å². The van der Waals surface area contributed by atoms with E-state index in [1.807, 2.05) is 12.1 Å². The molecule has 102 valence electrons. The van der Waals surface area contributed by atoms with Crippen LogP contribution in [0.15, 0.2) is 24.3 Å². The smallest absolute Gasteiger partial charge is 0.120 e. The number of ether oxygens (including phenoxy) is 1. The van der Waals surface area contributed by atoms with Gasteiger partial charge in [0.25, 0.3) is 0 Å². The molecule has 1 aliphatic rings. The van der Waals surface area contributed by atoms with Gasteiger partial charge in [-0.05, 0) is 37.5 Å². The number of hydrogen-bond donors (Lipinski definition) is 1. The molecule has 0 unspecified atom stereocenters. The molecule has 1 saturated heterocycles. The number of nitriles is 1. The summed E-state index contributed by atoms with van der Waals surface area (Å²) >= 11 is 0. The van der Waals surface area contributed by atoms with Crippen molar-refractivity contribution in [1.82, 2.24) is 4.90 Å². The van der Waals surface area contributed by atoms with Gasteiger partial charge in [-0.15, -0.1) is 0 Å². The lowest BCUT2D eigenvalue weighted by Gasteiger charge is -2.29. The zero-order valence-electron chi connectivity index (χ0n) is 11.1. The van der Waals surface area contributed by atoms with Gasteiger partial charge in [-0.25, -0.2) is 0 Å². The van der Waals surface area contributed by atoms with Crippen molar-refractivity contribution < 1.29 is 9.84 Å². The molecule has 0 bridgehead atoms. The van der Waals surface area contributed by atoms with Crippen molar-refractivity contribution in [2.75, 3.05) is 26.2 Å². The lowest BCUT2D eigenvalue weighted by molar-refractivity contribution is 0.0800. The Labute approximate surface area is 114 Å². The van der Waals surface area contributed by atoms with Crippen molar-refractivity contribution in [3.8, 4) is 11.8 Å². The largest absolute Gasteiger partial charge is 0.494 e. The number of piperidine rings is 1. The molecule has 0 aliphatic carbocycles. The van der Waals surface area contributed by atoms with E-state index >= 15 is 0 Å². The summed E-state index contributed by atoms with van der Waals surface area (Å²) in [7, 11) is 0. The van der Waals surface area contributed by atoms with Crippen molar-refractivity contribution in [2.45, 2.75) is 25.4 Å². The third-order valence-electron chi connectivity index (χ3n) is 3.41. The fourth-order valence-corrected chi connectivity index (χ4v) is 2.28. The van der Waals surface area contributed by atoms with Gasteiger partial charge in [0.15, 0.2) is 0 Å². The Morgan fingerprint density at radius 1 is 1.37 bits per heavy atom. The summed E-state index contributed by atoms with van der Waals surface area (Å²) < 4.78 is 5.63. The minimum Gasteiger partial charge on any atom is -0.494 e. The maximum absolute atomic E-state index is 9.42. The number of hydrogen-bond acceptors (Lipinski definition) is 4. The molecule has 4 heteroatoms. The van der Waals surface area contributed by atoms with Crippen LogP contribution in [0.3, 0.4) is 0 Å². The van der Waals surface area contributed by atoms with Gasteiger partial charge >= 0.3 is 0 Å². The second-order valence-electron chi connectivity index (χ2n) is 4.91. The lowest BCUT2D eigenvalue weighted by Crippen LogP contribution is -2.36. The highest BCUT2D eigenvalue weighted by Crippen LogP contribution is 2.13. The Hall–Kier alpha value is -1.57. The number of likely N-dealkylation sites (tertiary alicyclic amines) is 1. The average Bonchev–Trinajstić information content (AvgIpc) is 2.46. The molecule has 0 amide bonds. The second-order valence-corrected chi connectivity index (χ2v) is 4.91. The van der Waals surface area contributed by atoms with Crippen LogP contribution in [-0.2, 0) is 0 Å². The molecule has 4 nitrogen and oxygen atoms in total. The van der Waals surface area contributed by atoms with Crippen LogP contribution in [0.25, 0.3) is 0 Å². The molecule has 1 heterocycles. The van der Waals surface area contributed by atoms with Gasteiger partial charge in [-0.1, -0.05) is 6.07 Å². The standard InChI is InChI=1S/C15H20N2O2/c16-12-13-3-1-4-15(11-13)19-10-2-7-17-8-5-14(18)6-9-17/h1,3-4,11,14,18H,2,5-10H2. The van der Waals surface area contributed by atoms with E-state index in [4.69, 9.17) is 10.00 Å². The van der Waals surface area contributed by atoms with Crippen molar-refractivity contribution >= 4 is 0 Å². The van der Waals surface area contributed by atoms with E-state index in [0.717, 1.165) is 44.6 Å². The fraction of sp³-hybridized carbons (Fsp3) is 0.533. The minimum atomic E-state index is -0.110. The average molecular weight is 260 g/mol. The highest BCUT2D eigenvalue weighted by Gasteiger charge is 2.15. The van der Waals surface area contributed by atoms with Crippen LogP contribution in [0.2, 0.25) is 0 Å². The summed E-state index contributed by atoms with van der Waals surface area (Å²) in [5.74, 6) is 0.758. The Morgan fingerprint density at radius 3 is 2.89 bits per heavy atom. The van der Waals surface area contributed by atoms with E-state index in [1.165, 1.54) is 0 Å². The molecular formula is C15H20N2O2. The number of aliphatic hydroxyl groups excluding tert-OH is 1. The van der Waals surface area contributed by atoms with Crippen LogP contribution < -0.4 is 4.74 Å². The molecule has 0 atom stereocenters. The predicted octanol–water partition coefficient (Wildman–Crippen LogP) is 1.78. The van der Waals surface area contributed by atoms with Crippen LogP contribution in [-0.4, -0.2) is 42.4 Å². The second kappa shape index (κ2) is 7.13. The maximum atomic E-state index is 9.42. The molecule has 1 aromatic rings. The van der Waals surface area contributed by atoms with E-state index in [1.54, 1.807) is 12.1 Å². The Balaban J connectivity index is 1.65. The molecular weight excluding hydrogens is 240 g/mol. The first-order valence-corrected chi connectivity index (χ1v) is 6.81. The third-order valence-corrected chi connectivity index (χ3v) is 3.41. The summed E-state index contributed by atoms with van der Waals surface area (Å²) in [6.07, 6.45) is 2.62. The van der Waals surface area contributed by atoms with Gasteiger partial charge in [0.1, 0.15) is 5.75 Å². The molecule has 1 aromatic carbocycles. The summed E-state index contributed by atoms with van der Waals surface area (Å²) in [6.45, 7) is 3.62. The topological polar surface area (TPSA) is 56.5 Å². The van der Waals surface area contributed by atoms with Gasteiger partial charge in [-0.2, -0.15) is 5.26 Å². The molecule has 19 heavy (non-hydrogen) atoms. The first-order chi connectivity index (χ1) is 9.28. The van der Waals surface area contributed by atoms with Crippen LogP contribution >= 0.6 is 0 Å². The highest BCUT2D eigenvalue weighted by molar-refractivity contribution is 5.36. The molecule has 0 saturated carbocycles. The molecule has 2 rings (SSSR count). The van der Waals surface area contributed by atoms with Crippen molar-refractivity contribution in [3.63, 3.8) is 0 Å². The van der Waals surface area contributed by atoms with Gasteiger partial charge in [0, 0.05) is 19.6 Å². The maximum Gasteiger partial charge on any atom is 0.120 e. The number of rotatable bonds is 5. The highest BCUT2D eigenvalue weighted by atomic mass is 16.5. The summed E-state index contributed by atoms with van der Waals surface area (Å²) in [6, 6.07) is 9.34. The Bertz CT molecular complexity index is 434. The van der Waals surface area contributed by atoms with Gasteiger partial charge in [-0.3, -0.25) is 0 Å². The van der Waals surface area contributed by atoms with Crippen LogP contribution in [0, 0.1) is 11.3 Å². The first kappa shape index (κ1) is 13.9. The molecule has 1 aliphatic heterocycles. The van der Waals surface area contributed by atoms with Crippen LogP contribution in [0.5, 0.6) is 5.75 Å². The normalized spacial score (nSPS) is 17.1. The SMILES string of the molecule is N#Cc1cccc(OCCCN2CCC(O)CC2)c1. The summed E-state index contributed by atoms with van der Waals surface area (Å²) in [5.41, 5.74) is 0.627. The van der Waals surface area contributed by atoms with Crippen LogP contribution in [0.1, 0.15) is 24.8 Å². The van der Waals surface area contributed by atoms with Crippen LogP contribution in [0.4, 0.5) is 0 Å². The third kappa shape index (κ3) is 4.55. The summed E-state index contributed by atoms with van der Waals surface area (Å²) in [4.78, 5) is 2.36. The van der Waals surface area contributed by atoms with E-state index < -0.39 is 0 Å². The monoisotopic (exact) mass is 260 g/mol. The lowest BCUT2D eigenvalue weighted by atomic mass is 10.1. The fourth-order valence-electron chi connectivity index (χ4n) is 2.28. The van der Waals surface area contributed by atoms with E-state index in [2.05, 4.69) is 11.0 Å². The van der Waals surface area contributed by atoms with Gasteiger partial charge in [0.05, 0.1) is 24.3 Å². The van der Waals surface area contributed by atoms with Crippen molar-refractivity contribution in [1.29, 1.82) is 5.26 Å². The van der Waals surface area contributed by atoms with E-state index in [0.29, 0.717) is 12.2 Å². The number of benzene rings is 1. The zero-order chi connectivity index (χ0) is 13.5. The quantitative estimate of drug-likeness (QED) is 0.820. The molecule has 0 spiro atoms. The number of nitrogens with zero attached hydrogens (tertiary/aromatic N) is 2. The van der Waals surface area contributed by atoms with Crippen molar-refractivity contribution in [2.24, 2.45) is 0 Å². The molecule has 1 N–H and O–H groups in total. The Morgan fingerprint density at radius 2 is 2.16 bits per heavy atom. The van der Waals surface area contributed by atoms with Gasteiger partial charge < -0.3 is 14.7 Å². The summed E-state index contributed by atoms with van der Waals surface area (Å²) in [5, 5.41) is 18.2. The van der Waals surface area contributed by atoms with E-state index in [9.17, 15) is 5.11 Å². The Kier molecular flexibility index (Phi) is 5.20. The predicted molar refractivity (Wildman–Crippen MR) is 72.9 cm³/mol. The molecule has 0 radical (unpaired) electrons. The van der Waals surface area contributed by atoms with E-state index in [-0.39, 0.29) is 6.10 Å². The molecule has 0 aromatic heterocycles. The zero-order valence-corrected chi connectivity index (χ0v) is 11.1. The number of aliphatic hydroxyl groups is 1. The van der Waals surface area contributed by atoms with Gasteiger partial charge in [0.2, 0.25) is 0 Å².